The number of nitrogens with one attached hydrogen (secondary N) is 1. The molecular formula is C21H35IN4O2. The number of nitrogens with two attached hydrogens (primary N) is 1. The Bertz CT molecular complexity index is 591. The monoisotopic (exact) mass is 502 g/mol. The van der Waals surface area contributed by atoms with E-state index in [1.807, 2.05) is 0 Å². The third-order valence-electron chi connectivity index (χ3n) is 5.53. The summed E-state index contributed by atoms with van der Waals surface area (Å²) in [4.78, 5) is 6.98. The Morgan fingerprint density at radius 2 is 1.93 bits per heavy atom. The number of ether oxygens (including phenoxy) is 2. The maximum atomic E-state index is 6.04. The Hall–Kier alpha value is -0.900. The lowest BCUT2D eigenvalue weighted by Crippen LogP contribution is -2.42. The van der Waals surface area contributed by atoms with Crippen LogP contribution in [-0.4, -0.2) is 55.9 Å². The molecule has 1 unspecified atom stereocenters. The molecule has 3 rings (SSSR count). The van der Waals surface area contributed by atoms with Crippen molar-refractivity contribution in [3.05, 3.63) is 35.4 Å². The van der Waals surface area contributed by atoms with E-state index in [1.165, 1.54) is 24.9 Å². The topological polar surface area (TPSA) is 72.1 Å². The second kappa shape index (κ2) is 12.6. The quantitative estimate of drug-likeness (QED) is 0.325. The second-order valence-corrected chi connectivity index (χ2v) is 7.45. The van der Waals surface area contributed by atoms with Crippen LogP contribution in [0.1, 0.15) is 43.7 Å². The van der Waals surface area contributed by atoms with Gasteiger partial charge in [-0.25, -0.2) is 4.99 Å². The molecule has 1 aromatic carbocycles. The summed E-state index contributed by atoms with van der Waals surface area (Å²) >= 11 is 0. The molecule has 1 atom stereocenters. The van der Waals surface area contributed by atoms with Gasteiger partial charge < -0.3 is 20.5 Å². The Kier molecular flexibility index (Phi) is 10.5. The van der Waals surface area contributed by atoms with Crippen LogP contribution in [0, 0.1) is 0 Å². The predicted octanol–water partition coefficient (Wildman–Crippen LogP) is 2.89. The van der Waals surface area contributed by atoms with Gasteiger partial charge in [-0.15, -0.1) is 24.0 Å². The van der Waals surface area contributed by atoms with Crippen molar-refractivity contribution in [3.8, 4) is 0 Å². The van der Waals surface area contributed by atoms with E-state index in [0.717, 1.165) is 44.7 Å². The highest BCUT2D eigenvalue weighted by Gasteiger charge is 2.22. The van der Waals surface area contributed by atoms with Crippen molar-refractivity contribution in [2.45, 2.75) is 57.9 Å². The highest BCUT2D eigenvalue weighted by molar-refractivity contribution is 14.0. The van der Waals surface area contributed by atoms with Gasteiger partial charge in [-0.2, -0.15) is 0 Å². The molecule has 3 N–H and O–H groups in total. The van der Waals surface area contributed by atoms with Crippen molar-refractivity contribution >= 4 is 29.9 Å². The van der Waals surface area contributed by atoms with Gasteiger partial charge in [0.15, 0.2) is 5.96 Å². The summed E-state index contributed by atoms with van der Waals surface area (Å²) in [5.41, 5.74) is 8.39. The van der Waals surface area contributed by atoms with Gasteiger partial charge in [-0.05, 0) is 49.9 Å². The van der Waals surface area contributed by atoms with Crippen molar-refractivity contribution in [1.82, 2.24) is 10.2 Å². The fourth-order valence-electron chi connectivity index (χ4n) is 3.79. The Morgan fingerprint density at radius 3 is 2.64 bits per heavy atom. The molecule has 0 saturated carbocycles. The molecule has 0 spiro atoms. The normalized spacial score (nSPS) is 21.5. The summed E-state index contributed by atoms with van der Waals surface area (Å²) in [6.07, 6.45) is 4.84. The van der Waals surface area contributed by atoms with E-state index in [9.17, 15) is 0 Å². The largest absolute Gasteiger partial charge is 0.381 e. The number of guanidine groups is 1. The number of aliphatic imine (C=N–C) groups is 1. The molecule has 0 radical (unpaired) electrons. The van der Waals surface area contributed by atoms with E-state index >= 15 is 0 Å². The van der Waals surface area contributed by atoms with Crippen LogP contribution in [0.15, 0.2) is 29.3 Å². The highest BCUT2D eigenvalue weighted by Crippen LogP contribution is 2.16. The molecular weight excluding hydrogens is 467 g/mol. The van der Waals surface area contributed by atoms with E-state index < -0.39 is 0 Å². The second-order valence-electron chi connectivity index (χ2n) is 7.45. The predicted molar refractivity (Wildman–Crippen MR) is 124 cm³/mol. The first kappa shape index (κ1) is 23.4. The summed E-state index contributed by atoms with van der Waals surface area (Å²) in [7, 11) is 0. The van der Waals surface area contributed by atoms with Crippen LogP contribution < -0.4 is 11.1 Å². The van der Waals surface area contributed by atoms with Crippen LogP contribution in [0.25, 0.3) is 0 Å². The van der Waals surface area contributed by atoms with Gasteiger partial charge in [-0.3, -0.25) is 4.90 Å². The third kappa shape index (κ3) is 7.50. The van der Waals surface area contributed by atoms with Crippen molar-refractivity contribution in [3.63, 3.8) is 0 Å². The standard InChI is InChI=1S/C21H34N4O2.HI/c1-2-25-11-3-4-19(25)15-24-21(22)23-14-17-5-7-18(8-6-17)16-27-20-9-12-26-13-10-20;/h5-8,19-20H,2-4,9-16H2,1H3,(H3,22,23,24);1H. The Morgan fingerprint density at radius 1 is 1.21 bits per heavy atom. The molecule has 2 aliphatic rings. The van der Waals surface area contributed by atoms with Gasteiger partial charge in [0.1, 0.15) is 0 Å². The van der Waals surface area contributed by atoms with E-state index in [0.29, 0.717) is 31.3 Å². The number of halogens is 1. The molecule has 28 heavy (non-hydrogen) atoms. The number of nitrogens with zero attached hydrogens (tertiary/aromatic N) is 2. The average molecular weight is 502 g/mol. The van der Waals surface area contributed by atoms with Crippen LogP contribution in [0.4, 0.5) is 0 Å². The first-order chi connectivity index (χ1) is 13.2. The third-order valence-corrected chi connectivity index (χ3v) is 5.53. The molecule has 2 saturated heterocycles. The summed E-state index contributed by atoms with van der Waals surface area (Å²) in [6, 6.07) is 9.03. The van der Waals surface area contributed by atoms with Crippen LogP contribution in [0.2, 0.25) is 0 Å². The molecule has 7 heteroatoms. The van der Waals surface area contributed by atoms with E-state index in [1.54, 1.807) is 0 Å². The first-order valence-corrected chi connectivity index (χ1v) is 10.3. The summed E-state index contributed by atoms with van der Waals surface area (Å²) in [5, 5.41) is 3.28. The number of hydrogen-bond acceptors (Lipinski definition) is 4. The molecule has 2 heterocycles. The van der Waals surface area contributed by atoms with Gasteiger partial charge in [0.05, 0.1) is 19.3 Å². The maximum Gasteiger partial charge on any atom is 0.188 e. The van der Waals surface area contributed by atoms with Crippen molar-refractivity contribution in [1.29, 1.82) is 0 Å². The molecule has 2 fully saturated rings. The fraction of sp³-hybridized carbons (Fsp3) is 0.667. The lowest BCUT2D eigenvalue weighted by molar-refractivity contribution is -0.0390. The van der Waals surface area contributed by atoms with Crippen LogP contribution in [0.3, 0.4) is 0 Å². The summed E-state index contributed by atoms with van der Waals surface area (Å²) < 4.78 is 11.3. The zero-order chi connectivity index (χ0) is 18.9. The highest BCUT2D eigenvalue weighted by atomic mass is 127. The van der Waals surface area contributed by atoms with Gasteiger partial charge >= 0.3 is 0 Å². The minimum absolute atomic E-state index is 0. The van der Waals surface area contributed by atoms with E-state index in [2.05, 4.69) is 46.4 Å². The molecule has 6 nitrogen and oxygen atoms in total. The fourth-order valence-corrected chi connectivity index (χ4v) is 3.79. The number of benzene rings is 1. The zero-order valence-electron chi connectivity index (χ0n) is 16.9. The van der Waals surface area contributed by atoms with Crippen LogP contribution >= 0.6 is 24.0 Å². The average Bonchev–Trinajstić information content (AvgIpc) is 3.18. The zero-order valence-corrected chi connectivity index (χ0v) is 19.3. The Labute approximate surface area is 186 Å². The summed E-state index contributed by atoms with van der Waals surface area (Å²) in [5.74, 6) is 0.532. The number of likely N-dealkylation sites (N-methyl/N-ethyl adjacent to an activating group) is 1. The van der Waals surface area contributed by atoms with Crippen molar-refractivity contribution in [2.75, 3.05) is 32.8 Å². The Balaban J connectivity index is 0.00000280. The van der Waals surface area contributed by atoms with Gasteiger partial charge in [-0.1, -0.05) is 31.2 Å². The minimum atomic E-state index is 0. The van der Waals surface area contributed by atoms with E-state index in [4.69, 9.17) is 15.2 Å². The maximum absolute atomic E-state index is 6.04. The molecule has 1 aromatic rings. The smallest absolute Gasteiger partial charge is 0.188 e. The molecule has 158 valence electrons. The molecule has 0 aliphatic carbocycles. The molecule has 0 bridgehead atoms. The number of hydrogen-bond donors (Lipinski definition) is 2. The van der Waals surface area contributed by atoms with Crippen LogP contribution in [-0.2, 0) is 22.6 Å². The lowest BCUT2D eigenvalue weighted by atomic mass is 10.1. The molecule has 2 aliphatic heterocycles. The van der Waals surface area contributed by atoms with Crippen molar-refractivity contribution in [2.24, 2.45) is 10.7 Å². The van der Waals surface area contributed by atoms with Crippen LogP contribution in [0.5, 0.6) is 0 Å². The minimum Gasteiger partial charge on any atom is -0.381 e. The van der Waals surface area contributed by atoms with Crippen molar-refractivity contribution < 1.29 is 9.47 Å². The van der Waals surface area contributed by atoms with E-state index in [-0.39, 0.29) is 24.0 Å². The summed E-state index contributed by atoms with van der Waals surface area (Å²) in [6.45, 7) is 8.29. The number of likely N-dealkylation sites (tertiary alicyclic amines) is 1. The van der Waals surface area contributed by atoms with Gasteiger partial charge in [0.2, 0.25) is 0 Å². The number of rotatable bonds is 8. The first-order valence-electron chi connectivity index (χ1n) is 10.3. The van der Waals surface area contributed by atoms with Gasteiger partial charge in [0, 0.05) is 25.8 Å². The van der Waals surface area contributed by atoms with Gasteiger partial charge in [0.25, 0.3) is 0 Å². The lowest BCUT2D eigenvalue weighted by Gasteiger charge is -2.23. The molecule has 0 amide bonds. The molecule has 0 aromatic heterocycles. The SMILES string of the molecule is CCN1CCCC1CNC(N)=NCc1ccc(COC2CCOCC2)cc1.I.